The lowest BCUT2D eigenvalue weighted by Crippen LogP contribution is -2.21. The predicted molar refractivity (Wildman–Crippen MR) is 107 cm³/mol. The molecular formula is C18H24ClNO3S2. The van der Waals surface area contributed by atoms with Crippen molar-refractivity contribution in [2.24, 2.45) is 0 Å². The summed E-state index contributed by atoms with van der Waals surface area (Å²) in [6, 6.07) is 3.73. The van der Waals surface area contributed by atoms with Crippen LogP contribution >= 0.6 is 33.2 Å². The number of anilines is 1. The summed E-state index contributed by atoms with van der Waals surface area (Å²) in [6.45, 7) is 3.54. The first-order chi connectivity index (χ1) is 12.0. The van der Waals surface area contributed by atoms with Crippen molar-refractivity contribution in [3.63, 3.8) is 0 Å². The Labute approximate surface area is 162 Å². The van der Waals surface area contributed by atoms with Crippen LogP contribution in [0.5, 0.6) is 0 Å². The zero-order chi connectivity index (χ0) is 18.2. The first kappa shape index (κ1) is 20.5. The maximum absolute atomic E-state index is 12.0. The fourth-order valence-electron chi connectivity index (χ4n) is 2.67. The number of esters is 1. The lowest BCUT2D eigenvalue weighted by Gasteiger charge is -2.12. The van der Waals surface area contributed by atoms with Crippen LogP contribution in [0.2, 0.25) is 5.02 Å². The molecule has 1 aliphatic rings. The van der Waals surface area contributed by atoms with E-state index in [2.05, 4.69) is 5.32 Å². The van der Waals surface area contributed by atoms with Gasteiger partial charge in [0, 0.05) is 17.4 Å². The quantitative estimate of drug-likeness (QED) is 0.370. The van der Waals surface area contributed by atoms with Crippen molar-refractivity contribution >= 4 is 50.8 Å². The second kappa shape index (κ2) is 10.3. The Morgan fingerprint density at radius 1 is 1.32 bits per heavy atom. The molecule has 0 aliphatic carbocycles. The largest absolute Gasteiger partial charge is 0.456 e. The number of benzene rings is 1. The van der Waals surface area contributed by atoms with E-state index in [4.69, 9.17) is 16.3 Å². The molecule has 1 heterocycles. The van der Waals surface area contributed by atoms with Gasteiger partial charge in [-0.25, -0.2) is 0 Å². The van der Waals surface area contributed by atoms with Gasteiger partial charge in [0.2, 0.25) is 0 Å². The fourth-order valence-corrected chi connectivity index (χ4v) is 6.07. The number of hydrogen-bond acceptors (Lipinski definition) is 5. The van der Waals surface area contributed by atoms with Crippen molar-refractivity contribution in [2.75, 3.05) is 17.7 Å². The Kier molecular flexibility index (Phi) is 8.46. The molecule has 1 N–H and O–H groups in total. The van der Waals surface area contributed by atoms with Crippen LogP contribution in [0, 0.1) is 13.8 Å². The standard InChI is InChI=1S/C18H24ClNO3S2/c1-12-9-13(2)18(15(19)10-12)20-16(21)11-23-17(22)6-4-3-5-14-7-8-24-25-14/h9-10,14H,3-8,11H2,1-2H3,(H,20,21)/t14-/m0/s1. The summed E-state index contributed by atoms with van der Waals surface area (Å²) < 4.78 is 5.05. The first-order valence-electron chi connectivity index (χ1n) is 8.46. The van der Waals surface area contributed by atoms with Crippen LogP contribution in [-0.2, 0) is 14.3 Å². The van der Waals surface area contributed by atoms with Gasteiger partial charge in [-0.2, -0.15) is 0 Å². The van der Waals surface area contributed by atoms with Crippen molar-refractivity contribution in [2.45, 2.75) is 51.2 Å². The lowest BCUT2D eigenvalue weighted by atomic mass is 10.1. The number of unbranched alkanes of at least 4 members (excludes halogenated alkanes) is 1. The molecule has 0 aromatic heterocycles. The minimum absolute atomic E-state index is 0.280. The molecule has 1 atom stereocenters. The van der Waals surface area contributed by atoms with Gasteiger partial charge in [-0.05, 0) is 50.3 Å². The molecule has 0 radical (unpaired) electrons. The fraction of sp³-hybridized carbons (Fsp3) is 0.556. The Morgan fingerprint density at radius 2 is 2.12 bits per heavy atom. The molecule has 1 aromatic rings. The van der Waals surface area contributed by atoms with E-state index in [9.17, 15) is 9.59 Å². The van der Waals surface area contributed by atoms with E-state index in [0.29, 0.717) is 17.1 Å². The number of ether oxygens (including phenoxy) is 1. The van der Waals surface area contributed by atoms with E-state index >= 15 is 0 Å². The zero-order valence-electron chi connectivity index (χ0n) is 14.6. The number of halogens is 1. The summed E-state index contributed by atoms with van der Waals surface area (Å²) in [7, 11) is 3.89. The highest BCUT2D eigenvalue weighted by Gasteiger charge is 2.16. The molecule has 0 saturated carbocycles. The monoisotopic (exact) mass is 401 g/mol. The highest BCUT2D eigenvalue weighted by molar-refractivity contribution is 8.77. The molecular weight excluding hydrogens is 378 g/mol. The minimum Gasteiger partial charge on any atom is -0.456 e. The maximum Gasteiger partial charge on any atom is 0.306 e. The normalized spacial score (nSPS) is 16.7. The number of carbonyl (C=O) groups is 2. The third-order valence-electron chi connectivity index (χ3n) is 3.94. The van der Waals surface area contributed by atoms with E-state index in [-0.39, 0.29) is 18.5 Å². The number of amides is 1. The molecule has 1 fully saturated rings. The molecule has 7 heteroatoms. The predicted octanol–water partition coefficient (Wildman–Crippen LogP) is 5.15. The van der Waals surface area contributed by atoms with Crippen molar-refractivity contribution < 1.29 is 14.3 Å². The van der Waals surface area contributed by atoms with E-state index in [1.807, 2.05) is 41.5 Å². The van der Waals surface area contributed by atoms with Gasteiger partial charge in [-0.15, -0.1) is 0 Å². The van der Waals surface area contributed by atoms with E-state index in [1.54, 1.807) is 6.07 Å². The smallest absolute Gasteiger partial charge is 0.306 e. The summed E-state index contributed by atoms with van der Waals surface area (Å²) in [4.78, 5) is 23.7. The first-order valence-corrected chi connectivity index (χ1v) is 11.2. The highest BCUT2D eigenvalue weighted by Crippen LogP contribution is 2.39. The molecule has 2 rings (SSSR count). The number of nitrogens with one attached hydrogen (secondary N) is 1. The topological polar surface area (TPSA) is 55.4 Å². The summed E-state index contributed by atoms with van der Waals surface area (Å²) in [6.07, 6.45) is 4.61. The Hall–Kier alpha value is -0.850. The summed E-state index contributed by atoms with van der Waals surface area (Å²) in [5.41, 5.74) is 2.48. The van der Waals surface area contributed by atoms with Gasteiger partial charge in [0.15, 0.2) is 6.61 Å². The molecule has 0 spiro atoms. The van der Waals surface area contributed by atoms with Crippen molar-refractivity contribution in [1.29, 1.82) is 0 Å². The maximum atomic E-state index is 12.0. The molecule has 138 valence electrons. The molecule has 1 amide bonds. The highest BCUT2D eigenvalue weighted by atomic mass is 35.5. The van der Waals surface area contributed by atoms with Gasteiger partial charge in [0.05, 0.1) is 10.7 Å². The van der Waals surface area contributed by atoms with Crippen molar-refractivity contribution in [3.05, 3.63) is 28.3 Å². The van der Waals surface area contributed by atoms with Crippen molar-refractivity contribution in [3.8, 4) is 0 Å². The molecule has 4 nitrogen and oxygen atoms in total. The van der Waals surface area contributed by atoms with Crippen LogP contribution in [0.3, 0.4) is 0 Å². The Morgan fingerprint density at radius 3 is 2.80 bits per heavy atom. The molecule has 1 aliphatic heterocycles. The zero-order valence-corrected chi connectivity index (χ0v) is 17.0. The van der Waals surface area contributed by atoms with Crippen LogP contribution in [0.4, 0.5) is 5.69 Å². The Bertz CT molecular complexity index is 595. The van der Waals surface area contributed by atoms with Crippen molar-refractivity contribution in [1.82, 2.24) is 0 Å². The summed E-state index contributed by atoms with van der Waals surface area (Å²) >= 11 is 6.15. The minimum atomic E-state index is -0.374. The van der Waals surface area contributed by atoms with Gasteiger partial charge in [-0.3, -0.25) is 9.59 Å². The van der Waals surface area contributed by atoms with Gasteiger partial charge in [0.1, 0.15) is 0 Å². The summed E-state index contributed by atoms with van der Waals surface area (Å²) in [5.74, 6) is 0.536. The number of rotatable bonds is 8. The summed E-state index contributed by atoms with van der Waals surface area (Å²) in [5, 5.41) is 3.93. The van der Waals surface area contributed by atoms with Crippen LogP contribution in [0.15, 0.2) is 12.1 Å². The average Bonchev–Trinajstić information content (AvgIpc) is 3.06. The van der Waals surface area contributed by atoms with Gasteiger partial charge >= 0.3 is 5.97 Å². The molecule has 25 heavy (non-hydrogen) atoms. The molecule has 0 bridgehead atoms. The van der Waals surface area contributed by atoms with Crippen LogP contribution < -0.4 is 5.32 Å². The number of hydrogen-bond donors (Lipinski definition) is 1. The van der Waals surface area contributed by atoms with Crippen LogP contribution in [0.25, 0.3) is 0 Å². The lowest BCUT2D eigenvalue weighted by molar-refractivity contribution is -0.147. The van der Waals surface area contributed by atoms with Crippen LogP contribution in [-0.4, -0.2) is 29.5 Å². The second-order valence-corrected chi connectivity index (χ2v) is 9.42. The van der Waals surface area contributed by atoms with Gasteiger partial charge in [0.25, 0.3) is 5.91 Å². The average molecular weight is 402 g/mol. The van der Waals surface area contributed by atoms with E-state index < -0.39 is 0 Å². The molecule has 0 unspecified atom stereocenters. The molecule has 1 aromatic carbocycles. The second-order valence-electron chi connectivity index (χ2n) is 6.22. The third-order valence-corrected chi connectivity index (χ3v) is 7.25. The van der Waals surface area contributed by atoms with Crippen LogP contribution in [0.1, 0.15) is 43.2 Å². The molecule has 1 saturated heterocycles. The van der Waals surface area contributed by atoms with Gasteiger partial charge in [-0.1, -0.05) is 45.7 Å². The number of carbonyl (C=O) groups excluding carboxylic acids is 2. The van der Waals surface area contributed by atoms with E-state index in [0.717, 1.165) is 35.6 Å². The van der Waals surface area contributed by atoms with E-state index in [1.165, 1.54) is 12.2 Å². The SMILES string of the molecule is Cc1cc(C)c(NC(=O)COC(=O)CCCC[C@H]2CCSS2)c(Cl)c1. The third kappa shape index (κ3) is 7.12. The van der Waals surface area contributed by atoms with Gasteiger partial charge < -0.3 is 10.1 Å². The number of aryl methyl sites for hydroxylation is 2. The Balaban J connectivity index is 1.64.